The number of amides is 1. The molecule has 0 aliphatic rings. The summed E-state index contributed by atoms with van der Waals surface area (Å²) in [5.41, 5.74) is 0.0411. The zero-order valence-electron chi connectivity index (χ0n) is 12.2. The van der Waals surface area contributed by atoms with Crippen molar-refractivity contribution in [3.8, 4) is 0 Å². The second kappa shape index (κ2) is 6.84. The van der Waals surface area contributed by atoms with Crippen molar-refractivity contribution in [2.45, 2.75) is 4.90 Å². The van der Waals surface area contributed by atoms with Crippen molar-refractivity contribution in [2.75, 3.05) is 18.9 Å². The molecule has 2 aromatic carbocycles. The normalized spacial score (nSPS) is 11.5. The molecule has 0 aromatic heterocycles. The van der Waals surface area contributed by atoms with Crippen molar-refractivity contribution in [1.82, 2.24) is 4.31 Å². The summed E-state index contributed by atoms with van der Waals surface area (Å²) in [5, 5.41) is 2.31. The topological polar surface area (TPSA) is 66.5 Å². The summed E-state index contributed by atoms with van der Waals surface area (Å²) >= 11 is 0. The molecule has 0 aliphatic heterocycles. The number of likely N-dealkylation sites (N-methyl/N-ethyl adjacent to an activating group) is 1. The van der Waals surface area contributed by atoms with Crippen LogP contribution in [0.15, 0.2) is 53.4 Å². The van der Waals surface area contributed by atoms with Gasteiger partial charge in [0, 0.05) is 18.8 Å². The molecule has 0 saturated heterocycles. The largest absolute Gasteiger partial charge is 0.325 e. The van der Waals surface area contributed by atoms with E-state index in [9.17, 15) is 22.0 Å². The number of hydrogen-bond acceptors (Lipinski definition) is 3. The number of hydrogen-bond donors (Lipinski definition) is 1. The standard InChI is InChI=1S/C15H14F2N2O3S/c1-19(23(21,22)12-5-3-2-4-6-12)10-15(20)18-11-7-8-13(16)14(17)9-11/h2-9H,10H2,1H3,(H,18,20). The van der Waals surface area contributed by atoms with Crippen molar-refractivity contribution in [3.05, 3.63) is 60.2 Å². The number of halogens is 2. The fourth-order valence-electron chi connectivity index (χ4n) is 1.83. The van der Waals surface area contributed by atoms with E-state index < -0.39 is 34.1 Å². The minimum atomic E-state index is -3.80. The van der Waals surface area contributed by atoms with Crippen molar-refractivity contribution in [3.63, 3.8) is 0 Å². The molecule has 0 aliphatic carbocycles. The van der Waals surface area contributed by atoms with Gasteiger partial charge in [0.1, 0.15) is 0 Å². The van der Waals surface area contributed by atoms with Gasteiger partial charge in [0.15, 0.2) is 11.6 Å². The Labute approximate surface area is 132 Å². The van der Waals surface area contributed by atoms with E-state index in [2.05, 4.69) is 5.32 Å². The molecule has 2 aromatic rings. The van der Waals surface area contributed by atoms with Crippen LogP contribution in [0.3, 0.4) is 0 Å². The Balaban J connectivity index is 2.06. The maximum absolute atomic E-state index is 13.1. The molecule has 122 valence electrons. The van der Waals surface area contributed by atoms with Crippen molar-refractivity contribution in [1.29, 1.82) is 0 Å². The molecule has 0 saturated carbocycles. The fraction of sp³-hybridized carbons (Fsp3) is 0.133. The van der Waals surface area contributed by atoms with Crippen molar-refractivity contribution < 1.29 is 22.0 Å². The molecule has 0 bridgehead atoms. The highest BCUT2D eigenvalue weighted by atomic mass is 32.2. The quantitative estimate of drug-likeness (QED) is 0.908. The van der Waals surface area contributed by atoms with E-state index in [-0.39, 0.29) is 10.6 Å². The Morgan fingerprint density at radius 3 is 2.35 bits per heavy atom. The molecule has 23 heavy (non-hydrogen) atoms. The van der Waals surface area contributed by atoms with Crippen LogP contribution in [0.1, 0.15) is 0 Å². The molecule has 8 heteroatoms. The lowest BCUT2D eigenvalue weighted by atomic mass is 10.3. The van der Waals surface area contributed by atoms with E-state index in [1.807, 2.05) is 0 Å². The molecule has 0 spiro atoms. The molecule has 2 rings (SSSR count). The Kier molecular flexibility index (Phi) is 5.07. The van der Waals surface area contributed by atoms with Gasteiger partial charge >= 0.3 is 0 Å². The molecule has 5 nitrogen and oxygen atoms in total. The van der Waals surface area contributed by atoms with E-state index in [1.165, 1.54) is 25.2 Å². The summed E-state index contributed by atoms with van der Waals surface area (Å²) in [5.74, 6) is -2.81. The first-order chi connectivity index (χ1) is 10.8. The number of carbonyl (C=O) groups is 1. The summed E-state index contributed by atoms with van der Waals surface area (Å²) in [6.45, 7) is -0.462. The molecule has 0 atom stereocenters. The number of carbonyl (C=O) groups excluding carboxylic acids is 1. The van der Waals surface area contributed by atoms with Crippen LogP contribution in [0.4, 0.5) is 14.5 Å². The van der Waals surface area contributed by atoms with Gasteiger partial charge in [-0.25, -0.2) is 17.2 Å². The van der Waals surface area contributed by atoms with E-state index in [0.717, 1.165) is 16.4 Å². The first-order valence-electron chi connectivity index (χ1n) is 6.57. The molecule has 0 radical (unpaired) electrons. The number of nitrogens with one attached hydrogen (secondary N) is 1. The van der Waals surface area contributed by atoms with Crippen LogP contribution in [0.2, 0.25) is 0 Å². The highest BCUT2D eigenvalue weighted by Crippen LogP contribution is 2.15. The van der Waals surface area contributed by atoms with E-state index in [0.29, 0.717) is 0 Å². The monoisotopic (exact) mass is 340 g/mol. The maximum atomic E-state index is 13.1. The van der Waals surface area contributed by atoms with Crippen LogP contribution >= 0.6 is 0 Å². The van der Waals surface area contributed by atoms with Gasteiger partial charge in [0.25, 0.3) is 0 Å². The SMILES string of the molecule is CN(CC(=O)Nc1ccc(F)c(F)c1)S(=O)(=O)c1ccccc1. The second-order valence-electron chi connectivity index (χ2n) is 4.75. The molecular formula is C15H14F2N2O3S. The van der Waals surface area contributed by atoms with E-state index in [1.54, 1.807) is 18.2 Å². The van der Waals surface area contributed by atoms with E-state index >= 15 is 0 Å². The van der Waals surface area contributed by atoms with Gasteiger partial charge in [-0.15, -0.1) is 0 Å². The van der Waals surface area contributed by atoms with Gasteiger partial charge in [0.05, 0.1) is 11.4 Å². The summed E-state index contributed by atoms with van der Waals surface area (Å²) in [6.07, 6.45) is 0. The number of benzene rings is 2. The molecule has 1 N–H and O–H groups in total. The molecular weight excluding hydrogens is 326 g/mol. The second-order valence-corrected chi connectivity index (χ2v) is 6.80. The summed E-state index contributed by atoms with van der Waals surface area (Å²) in [6, 6.07) is 10.5. The van der Waals surface area contributed by atoms with Gasteiger partial charge in [-0.2, -0.15) is 4.31 Å². The average Bonchev–Trinajstić information content (AvgIpc) is 2.51. The Hall–Kier alpha value is -2.32. The Morgan fingerprint density at radius 1 is 1.09 bits per heavy atom. The number of sulfonamides is 1. The maximum Gasteiger partial charge on any atom is 0.243 e. The minimum absolute atomic E-state index is 0.0411. The lowest BCUT2D eigenvalue weighted by Crippen LogP contribution is -2.34. The molecule has 0 unspecified atom stereocenters. The third-order valence-electron chi connectivity index (χ3n) is 3.02. The van der Waals surface area contributed by atoms with Gasteiger partial charge in [0.2, 0.25) is 15.9 Å². The third kappa shape index (κ3) is 4.11. The lowest BCUT2D eigenvalue weighted by Gasteiger charge is -2.16. The van der Waals surface area contributed by atoms with Crippen molar-refractivity contribution in [2.24, 2.45) is 0 Å². The van der Waals surface area contributed by atoms with Crippen LogP contribution in [-0.2, 0) is 14.8 Å². The van der Waals surface area contributed by atoms with E-state index in [4.69, 9.17) is 0 Å². The summed E-state index contributed by atoms with van der Waals surface area (Å²) in [4.78, 5) is 11.9. The minimum Gasteiger partial charge on any atom is -0.325 e. The predicted molar refractivity (Wildman–Crippen MR) is 81.2 cm³/mol. The van der Waals surface area contributed by atoms with Gasteiger partial charge in [-0.1, -0.05) is 18.2 Å². The number of rotatable bonds is 5. The average molecular weight is 340 g/mol. The predicted octanol–water partition coefficient (Wildman–Crippen LogP) is 2.22. The molecule has 0 heterocycles. The van der Waals surface area contributed by atoms with Crippen LogP contribution in [0, 0.1) is 11.6 Å². The van der Waals surface area contributed by atoms with Crippen LogP contribution in [0.5, 0.6) is 0 Å². The number of nitrogens with zero attached hydrogens (tertiary/aromatic N) is 1. The first kappa shape index (κ1) is 17.0. The first-order valence-corrected chi connectivity index (χ1v) is 8.01. The van der Waals surface area contributed by atoms with Crippen molar-refractivity contribution >= 4 is 21.6 Å². The third-order valence-corrected chi connectivity index (χ3v) is 4.84. The zero-order chi connectivity index (χ0) is 17.0. The Bertz CT molecular complexity index is 811. The molecule has 0 fully saturated rings. The van der Waals surface area contributed by atoms with Crippen LogP contribution in [0.25, 0.3) is 0 Å². The smallest absolute Gasteiger partial charge is 0.243 e. The highest BCUT2D eigenvalue weighted by Gasteiger charge is 2.22. The highest BCUT2D eigenvalue weighted by molar-refractivity contribution is 7.89. The number of anilines is 1. The summed E-state index contributed by atoms with van der Waals surface area (Å²) in [7, 11) is -2.55. The molecule has 1 amide bonds. The lowest BCUT2D eigenvalue weighted by molar-refractivity contribution is -0.116. The van der Waals surface area contributed by atoms with Gasteiger partial charge in [-0.05, 0) is 24.3 Å². The van der Waals surface area contributed by atoms with Crippen LogP contribution in [-0.4, -0.2) is 32.2 Å². The van der Waals surface area contributed by atoms with Crippen LogP contribution < -0.4 is 5.32 Å². The van der Waals surface area contributed by atoms with Gasteiger partial charge < -0.3 is 5.32 Å². The Morgan fingerprint density at radius 2 is 1.74 bits per heavy atom. The van der Waals surface area contributed by atoms with Gasteiger partial charge in [-0.3, -0.25) is 4.79 Å². The fourth-order valence-corrected chi connectivity index (χ4v) is 2.98. The summed E-state index contributed by atoms with van der Waals surface area (Å²) < 4.78 is 51.3. The zero-order valence-corrected chi connectivity index (χ0v) is 13.0.